The summed E-state index contributed by atoms with van der Waals surface area (Å²) in [5.41, 5.74) is 1.48. The highest BCUT2D eigenvalue weighted by atomic mass is 79.9. The molecule has 66 valence electrons. The van der Waals surface area contributed by atoms with E-state index in [1.54, 1.807) is 0 Å². The van der Waals surface area contributed by atoms with E-state index in [-0.39, 0.29) is 0 Å². The van der Waals surface area contributed by atoms with Gasteiger partial charge >= 0.3 is 0 Å². The second-order valence-electron chi connectivity index (χ2n) is 4.21. The van der Waals surface area contributed by atoms with Gasteiger partial charge in [-0.05, 0) is 39.9 Å². The van der Waals surface area contributed by atoms with E-state index in [2.05, 4.69) is 47.8 Å². The molecule has 0 fully saturated rings. The first-order valence-corrected chi connectivity index (χ1v) is 4.87. The summed E-state index contributed by atoms with van der Waals surface area (Å²) in [6.45, 7) is 6.66. The SMILES string of the molecule is CC(C)(C)Cc1ccc(Br)cn1. The summed E-state index contributed by atoms with van der Waals surface area (Å²) in [5.74, 6) is 0. The predicted molar refractivity (Wildman–Crippen MR) is 55.1 cm³/mol. The number of nitrogens with zero attached hydrogens (tertiary/aromatic N) is 1. The minimum absolute atomic E-state index is 0.320. The van der Waals surface area contributed by atoms with Crippen LogP contribution in [0.15, 0.2) is 22.8 Å². The zero-order chi connectivity index (χ0) is 9.19. The third-order valence-corrected chi connectivity index (χ3v) is 1.97. The van der Waals surface area contributed by atoms with Gasteiger partial charge in [-0.3, -0.25) is 4.98 Å². The number of pyridine rings is 1. The van der Waals surface area contributed by atoms with Crippen molar-refractivity contribution in [3.8, 4) is 0 Å². The third-order valence-electron chi connectivity index (χ3n) is 1.50. The lowest BCUT2D eigenvalue weighted by Crippen LogP contribution is -2.10. The maximum atomic E-state index is 4.32. The number of hydrogen-bond donors (Lipinski definition) is 0. The van der Waals surface area contributed by atoms with Crippen molar-refractivity contribution < 1.29 is 0 Å². The van der Waals surface area contributed by atoms with Crippen LogP contribution in [0.1, 0.15) is 26.5 Å². The Kier molecular flexibility index (Phi) is 2.89. The van der Waals surface area contributed by atoms with Crippen molar-refractivity contribution in [3.05, 3.63) is 28.5 Å². The van der Waals surface area contributed by atoms with Gasteiger partial charge in [-0.2, -0.15) is 0 Å². The molecular weight excluding hydrogens is 214 g/mol. The second-order valence-corrected chi connectivity index (χ2v) is 5.12. The van der Waals surface area contributed by atoms with E-state index >= 15 is 0 Å². The summed E-state index contributed by atoms with van der Waals surface area (Å²) in [7, 11) is 0. The zero-order valence-electron chi connectivity index (χ0n) is 7.76. The van der Waals surface area contributed by atoms with E-state index in [9.17, 15) is 0 Å². The Labute approximate surface area is 82.3 Å². The van der Waals surface area contributed by atoms with Crippen molar-refractivity contribution in [1.29, 1.82) is 0 Å². The van der Waals surface area contributed by atoms with Crippen LogP contribution in [0.25, 0.3) is 0 Å². The largest absolute Gasteiger partial charge is 0.260 e. The first-order chi connectivity index (χ1) is 5.47. The van der Waals surface area contributed by atoms with Crippen molar-refractivity contribution >= 4 is 15.9 Å². The summed E-state index contributed by atoms with van der Waals surface area (Å²) in [6, 6.07) is 4.10. The number of hydrogen-bond acceptors (Lipinski definition) is 1. The van der Waals surface area contributed by atoms with Crippen LogP contribution in [0.4, 0.5) is 0 Å². The number of rotatable bonds is 1. The highest BCUT2D eigenvalue weighted by molar-refractivity contribution is 9.10. The highest BCUT2D eigenvalue weighted by Crippen LogP contribution is 2.19. The van der Waals surface area contributed by atoms with Crippen LogP contribution in [0.2, 0.25) is 0 Å². The van der Waals surface area contributed by atoms with E-state index in [1.165, 1.54) is 0 Å². The molecule has 0 aliphatic heterocycles. The zero-order valence-corrected chi connectivity index (χ0v) is 9.35. The average Bonchev–Trinajstić information content (AvgIpc) is 1.91. The molecule has 2 heteroatoms. The molecule has 0 atom stereocenters. The summed E-state index contributed by atoms with van der Waals surface area (Å²) in [4.78, 5) is 4.32. The van der Waals surface area contributed by atoms with Crippen molar-refractivity contribution in [1.82, 2.24) is 4.98 Å². The molecule has 0 spiro atoms. The van der Waals surface area contributed by atoms with Crippen molar-refractivity contribution in [2.24, 2.45) is 5.41 Å². The van der Waals surface area contributed by atoms with Crippen LogP contribution >= 0.6 is 15.9 Å². The Balaban J connectivity index is 2.71. The van der Waals surface area contributed by atoms with E-state index < -0.39 is 0 Å². The molecule has 0 unspecified atom stereocenters. The fourth-order valence-corrected chi connectivity index (χ4v) is 1.29. The smallest absolute Gasteiger partial charge is 0.0413 e. The molecule has 0 radical (unpaired) electrons. The first kappa shape index (κ1) is 9.72. The van der Waals surface area contributed by atoms with Crippen molar-refractivity contribution in [2.75, 3.05) is 0 Å². The van der Waals surface area contributed by atoms with Crippen molar-refractivity contribution in [3.63, 3.8) is 0 Å². The molecule has 1 aromatic rings. The molecule has 0 bridgehead atoms. The molecule has 1 heterocycles. The minimum Gasteiger partial charge on any atom is -0.260 e. The van der Waals surface area contributed by atoms with Gasteiger partial charge in [0, 0.05) is 16.4 Å². The van der Waals surface area contributed by atoms with Gasteiger partial charge in [0.1, 0.15) is 0 Å². The normalized spacial score (nSPS) is 11.7. The van der Waals surface area contributed by atoms with Gasteiger partial charge in [-0.1, -0.05) is 20.8 Å². The first-order valence-electron chi connectivity index (χ1n) is 4.08. The fourth-order valence-electron chi connectivity index (χ4n) is 1.05. The summed E-state index contributed by atoms with van der Waals surface area (Å²) >= 11 is 3.36. The topological polar surface area (TPSA) is 12.9 Å². The van der Waals surface area contributed by atoms with Crippen LogP contribution in [-0.2, 0) is 6.42 Å². The van der Waals surface area contributed by atoms with Gasteiger partial charge in [-0.15, -0.1) is 0 Å². The summed E-state index contributed by atoms with van der Waals surface area (Å²) in [5, 5.41) is 0. The summed E-state index contributed by atoms with van der Waals surface area (Å²) < 4.78 is 1.04. The number of halogens is 1. The Morgan fingerprint density at radius 2 is 2.00 bits per heavy atom. The van der Waals surface area contributed by atoms with Crippen LogP contribution < -0.4 is 0 Å². The van der Waals surface area contributed by atoms with Crippen LogP contribution in [0.3, 0.4) is 0 Å². The fraction of sp³-hybridized carbons (Fsp3) is 0.500. The second kappa shape index (κ2) is 3.56. The molecule has 0 saturated carbocycles. The molecule has 1 rings (SSSR count). The van der Waals surface area contributed by atoms with Gasteiger partial charge in [0.25, 0.3) is 0 Å². The molecular formula is C10H14BrN. The van der Waals surface area contributed by atoms with Gasteiger partial charge in [-0.25, -0.2) is 0 Å². The van der Waals surface area contributed by atoms with Crippen LogP contribution in [0.5, 0.6) is 0 Å². The predicted octanol–water partition coefficient (Wildman–Crippen LogP) is 3.43. The molecule has 12 heavy (non-hydrogen) atoms. The molecule has 1 aromatic heterocycles. The molecule has 0 amide bonds. The van der Waals surface area contributed by atoms with E-state index in [0.29, 0.717) is 5.41 Å². The lowest BCUT2D eigenvalue weighted by atomic mass is 9.90. The quantitative estimate of drug-likeness (QED) is 0.717. The molecule has 0 aliphatic rings. The summed E-state index contributed by atoms with van der Waals surface area (Å²) in [6.07, 6.45) is 2.88. The third kappa shape index (κ3) is 3.35. The average molecular weight is 228 g/mol. The van der Waals surface area contributed by atoms with E-state index in [4.69, 9.17) is 0 Å². The monoisotopic (exact) mass is 227 g/mol. The highest BCUT2D eigenvalue weighted by Gasteiger charge is 2.11. The molecule has 0 saturated heterocycles. The van der Waals surface area contributed by atoms with E-state index in [1.807, 2.05) is 12.3 Å². The minimum atomic E-state index is 0.320. The molecule has 0 N–H and O–H groups in total. The Morgan fingerprint density at radius 3 is 2.42 bits per heavy atom. The van der Waals surface area contributed by atoms with Crippen molar-refractivity contribution in [2.45, 2.75) is 27.2 Å². The molecule has 1 nitrogen and oxygen atoms in total. The van der Waals surface area contributed by atoms with Gasteiger partial charge in [0.15, 0.2) is 0 Å². The lowest BCUT2D eigenvalue weighted by molar-refractivity contribution is 0.406. The molecule has 0 aliphatic carbocycles. The standard InChI is InChI=1S/C10H14BrN/c1-10(2,3)6-9-5-4-8(11)7-12-9/h4-5,7H,6H2,1-3H3. The number of aromatic nitrogens is 1. The Hall–Kier alpha value is -0.370. The van der Waals surface area contributed by atoms with E-state index in [0.717, 1.165) is 16.6 Å². The van der Waals surface area contributed by atoms with Crippen LogP contribution in [-0.4, -0.2) is 4.98 Å². The Morgan fingerprint density at radius 1 is 1.33 bits per heavy atom. The maximum absolute atomic E-state index is 4.32. The maximum Gasteiger partial charge on any atom is 0.0413 e. The van der Waals surface area contributed by atoms with Gasteiger partial charge in [0.2, 0.25) is 0 Å². The van der Waals surface area contributed by atoms with Gasteiger partial charge in [0.05, 0.1) is 0 Å². The molecule has 0 aromatic carbocycles. The van der Waals surface area contributed by atoms with Gasteiger partial charge < -0.3 is 0 Å². The Bertz CT molecular complexity index is 246. The lowest BCUT2D eigenvalue weighted by Gasteiger charge is -2.16. The van der Waals surface area contributed by atoms with Crippen LogP contribution in [0, 0.1) is 5.41 Å².